The van der Waals surface area contributed by atoms with Crippen LogP contribution in [0.15, 0.2) is 30.3 Å². The topological polar surface area (TPSA) is 124 Å². The molecule has 3 rings (SSSR count). The van der Waals surface area contributed by atoms with Gasteiger partial charge >= 0.3 is 5.97 Å². The lowest BCUT2D eigenvalue weighted by atomic mass is 9.95. The van der Waals surface area contributed by atoms with Crippen LogP contribution < -0.4 is 5.32 Å². The molecule has 9 nitrogen and oxygen atoms in total. The van der Waals surface area contributed by atoms with E-state index in [1.54, 1.807) is 0 Å². The Morgan fingerprint density at radius 2 is 1.30 bits per heavy atom. The molecule has 0 aliphatic carbocycles. The molecule has 1 amide bonds. The van der Waals surface area contributed by atoms with Crippen molar-refractivity contribution in [3.8, 4) is 0 Å². The molecule has 286 valence electrons. The number of nitrogens with one attached hydrogen (secondary N) is 1. The number of benzene rings is 1. The van der Waals surface area contributed by atoms with Gasteiger partial charge in [-0.3, -0.25) is 9.59 Å². The Morgan fingerprint density at radius 1 is 0.760 bits per heavy atom. The first kappa shape index (κ1) is 42.4. The van der Waals surface area contributed by atoms with Gasteiger partial charge in [-0.25, -0.2) is 0 Å². The van der Waals surface area contributed by atoms with Crippen LogP contribution in [0.25, 0.3) is 0 Å². The van der Waals surface area contributed by atoms with Gasteiger partial charge in [0.15, 0.2) is 12.6 Å². The summed E-state index contributed by atoms with van der Waals surface area (Å²) in [6.45, 7) is 4.61. The SMILES string of the molecule is CCCCCCCCCCCCCC(=O)O[C@H](CCCCCCCCCCC)CC(=O)N[C@H]1C(O)O[C@@H]2COC(c3ccccc3)O[C@H]2[C@@H]1O. The monoisotopic (exact) mass is 704 g/mol. The van der Waals surface area contributed by atoms with E-state index in [1.807, 2.05) is 30.3 Å². The summed E-state index contributed by atoms with van der Waals surface area (Å²) in [5.41, 5.74) is 0.805. The van der Waals surface area contributed by atoms with E-state index in [2.05, 4.69) is 19.2 Å². The Morgan fingerprint density at radius 3 is 1.88 bits per heavy atom. The predicted octanol–water partition coefficient (Wildman–Crippen LogP) is 8.59. The summed E-state index contributed by atoms with van der Waals surface area (Å²) in [7, 11) is 0. The van der Waals surface area contributed by atoms with Crippen molar-refractivity contribution < 1.29 is 38.7 Å². The van der Waals surface area contributed by atoms with E-state index in [9.17, 15) is 19.8 Å². The maximum atomic E-state index is 13.3. The number of hydrogen-bond acceptors (Lipinski definition) is 8. The molecule has 1 aromatic carbocycles. The number of carbonyl (C=O) groups is 2. The minimum atomic E-state index is -1.44. The van der Waals surface area contributed by atoms with Gasteiger partial charge in [-0.2, -0.15) is 0 Å². The number of rotatable bonds is 27. The van der Waals surface area contributed by atoms with Crippen LogP contribution in [0.4, 0.5) is 0 Å². The summed E-state index contributed by atoms with van der Waals surface area (Å²) in [6.07, 6.45) is 19.5. The summed E-state index contributed by atoms with van der Waals surface area (Å²) in [4.78, 5) is 26.2. The molecular formula is C41H69NO8. The molecule has 9 heteroatoms. The highest BCUT2D eigenvalue weighted by Crippen LogP contribution is 2.33. The number of amides is 1. The van der Waals surface area contributed by atoms with Gasteiger partial charge in [0.2, 0.25) is 5.91 Å². The van der Waals surface area contributed by atoms with E-state index in [4.69, 9.17) is 18.9 Å². The molecule has 1 aromatic rings. The third-order valence-corrected chi connectivity index (χ3v) is 10.1. The molecule has 3 N–H and O–H groups in total. The first-order chi connectivity index (χ1) is 24.4. The van der Waals surface area contributed by atoms with Gasteiger partial charge in [-0.15, -0.1) is 0 Å². The quantitative estimate of drug-likeness (QED) is 0.0615. The molecule has 2 aliphatic rings. The Balaban J connectivity index is 1.44. The molecule has 2 unspecified atom stereocenters. The second-order valence-electron chi connectivity index (χ2n) is 14.5. The number of aliphatic hydroxyl groups is 2. The zero-order valence-corrected chi connectivity index (χ0v) is 31.2. The number of carbonyl (C=O) groups excluding carboxylic acids is 2. The normalized spacial score (nSPS) is 24.0. The summed E-state index contributed by atoms with van der Waals surface area (Å²) in [5.74, 6) is -0.675. The fourth-order valence-electron chi connectivity index (χ4n) is 7.06. The molecule has 2 heterocycles. The summed E-state index contributed by atoms with van der Waals surface area (Å²) < 4.78 is 23.4. The standard InChI is InChI=1S/C41H69NO8/c1-3-5-7-9-11-13-14-16-18-20-25-29-36(44)48-33(28-24-19-17-15-12-10-8-6-4-2)30-35(43)42-37-38(45)39-34(49-40(37)46)31-47-41(50-39)32-26-22-21-23-27-32/h21-23,26-27,33-34,37-41,45-46H,3-20,24-25,28-31H2,1-2H3,(H,42,43)/t33-,34-,37-,38-,39-,40?,41?/m1/s1. The zero-order valence-electron chi connectivity index (χ0n) is 31.2. The number of unbranched alkanes of at least 4 members (excludes halogenated alkanes) is 18. The highest BCUT2D eigenvalue weighted by atomic mass is 16.7. The third kappa shape index (κ3) is 16.5. The van der Waals surface area contributed by atoms with Gasteiger partial charge in [-0.05, 0) is 19.3 Å². The number of aliphatic hydroxyl groups excluding tert-OH is 2. The lowest BCUT2D eigenvalue weighted by Crippen LogP contribution is -2.66. The van der Waals surface area contributed by atoms with Crippen molar-refractivity contribution in [2.75, 3.05) is 6.61 Å². The van der Waals surface area contributed by atoms with Crippen molar-refractivity contribution in [1.82, 2.24) is 5.32 Å². The number of hydrogen-bond donors (Lipinski definition) is 3. The Kier molecular flexibility index (Phi) is 21.9. The van der Waals surface area contributed by atoms with Gasteiger partial charge in [-0.1, -0.05) is 160 Å². The highest BCUT2D eigenvalue weighted by molar-refractivity contribution is 5.77. The van der Waals surface area contributed by atoms with Gasteiger partial charge < -0.3 is 34.5 Å². The number of fused-ring (bicyclic) bond motifs is 1. The van der Waals surface area contributed by atoms with Crippen LogP contribution in [0.3, 0.4) is 0 Å². The molecular weight excluding hydrogens is 634 g/mol. The Bertz CT molecular complexity index is 1030. The Hall–Kier alpha value is -2.04. The molecule has 2 fully saturated rings. The van der Waals surface area contributed by atoms with Crippen LogP contribution in [0.1, 0.15) is 173 Å². The van der Waals surface area contributed by atoms with Crippen molar-refractivity contribution in [1.29, 1.82) is 0 Å². The van der Waals surface area contributed by atoms with E-state index < -0.39 is 48.9 Å². The molecule has 2 saturated heterocycles. The summed E-state index contributed by atoms with van der Waals surface area (Å²) in [6, 6.07) is 8.31. The maximum Gasteiger partial charge on any atom is 0.306 e. The second-order valence-corrected chi connectivity index (χ2v) is 14.5. The average Bonchev–Trinajstić information content (AvgIpc) is 3.12. The van der Waals surface area contributed by atoms with Crippen LogP contribution in [0.2, 0.25) is 0 Å². The van der Waals surface area contributed by atoms with Crippen LogP contribution in [0.5, 0.6) is 0 Å². The zero-order chi connectivity index (χ0) is 35.8. The van der Waals surface area contributed by atoms with Crippen LogP contribution in [-0.2, 0) is 28.5 Å². The van der Waals surface area contributed by atoms with E-state index in [1.165, 1.54) is 89.9 Å². The molecule has 0 bridgehead atoms. The molecule has 0 spiro atoms. The first-order valence-corrected chi connectivity index (χ1v) is 20.2. The fraction of sp³-hybridized carbons (Fsp3) is 0.805. The molecule has 50 heavy (non-hydrogen) atoms. The highest BCUT2D eigenvalue weighted by Gasteiger charge is 2.49. The molecule has 7 atom stereocenters. The van der Waals surface area contributed by atoms with Crippen molar-refractivity contribution in [2.24, 2.45) is 0 Å². The molecule has 0 radical (unpaired) electrons. The summed E-state index contributed by atoms with van der Waals surface area (Å²) in [5, 5.41) is 24.7. The van der Waals surface area contributed by atoms with Crippen molar-refractivity contribution in [3.05, 3.63) is 35.9 Å². The van der Waals surface area contributed by atoms with E-state index in [0.29, 0.717) is 12.8 Å². The maximum absolute atomic E-state index is 13.3. The lowest BCUT2D eigenvalue weighted by Gasteiger charge is -2.46. The molecule has 0 aromatic heterocycles. The number of esters is 1. The molecule has 2 aliphatic heterocycles. The van der Waals surface area contributed by atoms with Crippen molar-refractivity contribution >= 4 is 11.9 Å². The van der Waals surface area contributed by atoms with Crippen LogP contribution in [-0.4, -0.2) is 65.4 Å². The van der Waals surface area contributed by atoms with E-state index >= 15 is 0 Å². The van der Waals surface area contributed by atoms with Gasteiger partial charge in [0.05, 0.1) is 13.0 Å². The number of ether oxygens (including phenoxy) is 4. The van der Waals surface area contributed by atoms with Crippen molar-refractivity contribution in [2.45, 2.75) is 205 Å². The fourth-order valence-corrected chi connectivity index (χ4v) is 7.06. The summed E-state index contributed by atoms with van der Waals surface area (Å²) >= 11 is 0. The first-order valence-electron chi connectivity index (χ1n) is 20.2. The largest absolute Gasteiger partial charge is 0.462 e. The van der Waals surface area contributed by atoms with Crippen LogP contribution >= 0.6 is 0 Å². The van der Waals surface area contributed by atoms with Crippen LogP contribution in [0, 0.1) is 0 Å². The third-order valence-electron chi connectivity index (χ3n) is 10.1. The molecule has 0 saturated carbocycles. The second kappa shape index (κ2) is 25.8. The van der Waals surface area contributed by atoms with E-state index in [-0.39, 0.29) is 19.0 Å². The minimum Gasteiger partial charge on any atom is -0.462 e. The van der Waals surface area contributed by atoms with Crippen molar-refractivity contribution in [3.63, 3.8) is 0 Å². The average molecular weight is 704 g/mol. The van der Waals surface area contributed by atoms with Gasteiger partial charge in [0.25, 0.3) is 0 Å². The smallest absolute Gasteiger partial charge is 0.306 e. The lowest BCUT2D eigenvalue weighted by molar-refractivity contribution is -0.337. The van der Waals surface area contributed by atoms with E-state index in [0.717, 1.165) is 44.1 Å². The Labute approximate surface area is 302 Å². The minimum absolute atomic E-state index is 0.0400. The van der Waals surface area contributed by atoms with Gasteiger partial charge in [0.1, 0.15) is 30.5 Å². The van der Waals surface area contributed by atoms with Gasteiger partial charge in [0, 0.05) is 12.0 Å². The predicted molar refractivity (Wildman–Crippen MR) is 196 cm³/mol.